The molecule has 12 heavy (non-hydrogen) atoms. The molecule has 0 spiro atoms. The van der Waals surface area contributed by atoms with Gasteiger partial charge in [0.25, 0.3) is 0 Å². The van der Waals surface area contributed by atoms with Crippen molar-refractivity contribution in [1.29, 1.82) is 0 Å². The van der Waals surface area contributed by atoms with Gasteiger partial charge in [-0.3, -0.25) is 0 Å². The van der Waals surface area contributed by atoms with E-state index in [0.717, 1.165) is 0 Å². The fraction of sp³-hybridized carbons (Fsp3) is 0.800. The first-order chi connectivity index (χ1) is 5.93. The number of hydrogen-bond donors (Lipinski definition) is 0. The zero-order chi connectivity index (χ0) is 7.71. The molecule has 0 aromatic rings. The van der Waals surface area contributed by atoms with Crippen LogP contribution in [0.2, 0.25) is 0 Å². The van der Waals surface area contributed by atoms with Gasteiger partial charge in [-0.2, -0.15) is 0 Å². The molecule has 0 amide bonds. The van der Waals surface area contributed by atoms with E-state index in [1.165, 1.54) is 25.7 Å². The van der Waals surface area contributed by atoms with Crippen molar-refractivity contribution in [1.82, 2.24) is 0 Å². The lowest BCUT2D eigenvalue weighted by atomic mass is 9.82. The van der Waals surface area contributed by atoms with E-state index in [-0.39, 0.29) is 0 Å². The Kier molecular flexibility index (Phi) is 0.913. The highest BCUT2D eigenvalue weighted by Crippen LogP contribution is 2.52. The molecule has 4 bridgehead atoms. The monoisotopic (exact) mass is 164 g/mol. The summed E-state index contributed by atoms with van der Waals surface area (Å²) in [6, 6.07) is 0. The van der Waals surface area contributed by atoms with Crippen molar-refractivity contribution in [3.05, 3.63) is 11.1 Å². The molecule has 2 heteroatoms. The molecule has 0 aliphatic carbocycles. The molecule has 0 unspecified atom stereocenters. The van der Waals surface area contributed by atoms with E-state index in [2.05, 4.69) is 0 Å². The third-order valence-corrected chi connectivity index (χ3v) is 3.76. The Morgan fingerprint density at radius 1 is 0.667 bits per heavy atom. The van der Waals surface area contributed by atoms with Gasteiger partial charge in [0.15, 0.2) is 0 Å². The molecular weight excluding hydrogens is 152 g/mol. The smallest absolute Gasteiger partial charge is 0.0823 e. The van der Waals surface area contributed by atoms with Crippen LogP contribution in [0.3, 0.4) is 0 Å². The first-order valence-electron chi connectivity index (χ1n) is 4.98. The maximum atomic E-state index is 5.87. The molecular formula is C10H12O2. The lowest BCUT2D eigenvalue weighted by Crippen LogP contribution is -2.18. The first-order valence-corrected chi connectivity index (χ1v) is 4.98. The summed E-state index contributed by atoms with van der Waals surface area (Å²) >= 11 is 0. The summed E-state index contributed by atoms with van der Waals surface area (Å²) in [5, 5.41) is 0. The molecule has 4 atom stereocenters. The van der Waals surface area contributed by atoms with Crippen LogP contribution in [0.5, 0.6) is 0 Å². The topological polar surface area (TPSA) is 18.5 Å². The van der Waals surface area contributed by atoms with Gasteiger partial charge in [0.05, 0.1) is 24.4 Å². The maximum absolute atomic E-state index is 5.87. The van der Waals surface area contributed by atoms with Crippen LogP contribution in [0.25, 0.3) is 0 Å². The van der Waals surface area contributed by atoms with Gasteiger partial charge in [-0.05, 0) is 36.8 Å². The molecule has 0 aromatic carbocycles. The molecule has 2 nitrogen and oxygen atoms in total. The molecule has 0 radical (unpaired) electrons. The molecule has 0 N–H and O–H groups in total. The molecule has 0 aromatic heterocycles. The summed E-state index contributed by atoms with van der Waals surface area (Å²) in [4.78, 5) is 0. The Hall–Kier alpha value is -0.340. The minimum atomic E-state index is 0.459. The van der Waals surface area contributed by atoms with Gasteiger partial charge in [-0.15, -0.1) is 0 Å². The second-order valence-electron chi connectivity index (χ2n) is 4.29. The maximum Gasteiger partial charge on any atom is 0.0823 e. The van der Waals surface area contributed by atoms with E-state index in [1.54, 1.807) is 11.1 Å². The summed E-state index contributed by atoms with van der Waals surface area (Å²) < 4.78 is 11.7. The second kappa shape index (κ2) is 1.78. The Balaban J connectivity index is 1.90. The molecule has 4 aliphatic heterocycles. The van der Waals surface area contributed by atoms with Gasteiger partial charge in [0.2, 0.25) is 0 Å². The van der Waals surface area contributed by atoms with Gasteiger partial charge < -0.3 is 9.47 Å². The van der Waals surface area contributed by atoms with Crippen molar-refractivity contribution in [3.63, 3.8) is 0 Å². The standard InChI is InChI=1S/C10H12O2/c1-2-6-10-8-4-3-7(12-8)9(10)5(1)11-6/h5-8H,1-4H2/t5-,6+,7-,8+. The molecule has 4 aliphatic rings. The van der Waals surface area contributed by atoms with Crippen molar-refractivity contribution in [2.24, 2.45) is 0 Å². The van der Waals surface area contributed by atoms with Crippen molar-refractivity contribution in [2.45, 2.75) is 50.1 Å². The molecule has 64 valence electrons. The number of ether oxygens (including phenoxy) is 2. The number of rotatable bonds is 0. The Bertz CT molecular complexity index is 230. The van der Waals surface area contributed by atoms with Crippen LogP contribution in [-0.2, 0) is 9.47 Å². The largest absolute Gasteiger partial charge is 0.366 e. The molecule has 0 saturated carbocycles. The van der Waals surface area contributed by atoms with Crippen LogP contribution in [0, 0.1) is 0 Å². The fourth-order valence-corrected chi connectivity index (χ4v) is 3.35. The summed E-state index contributed by atoms with van der Waals surface area (Å²) in [6.07, 6.45) is 6.82. The second-order valence-corrected chi connectivity index (χ2v) is 4.29. The molecule has 2 saturated heterocycles. The average Bonchev–Trinajstić information content (AvgIpc) is 2.83. The predicted octanol–water partition coefficient (Wildman–Crippen LogP) is 1.41. The normalized spacial score (nSPS) is 54.0. The van der Waals surface area contributed by atoms with Crippen LogP contribution in [-0.4, -0.2) is 24.4 Å². The van der Waals surface area contributed by atoms with Crippen LogP contribution in [0.1, 0.15) is 25.7 Å². The highest BCUT2D eigenvalue weighted by Gasteiger charge is 2.53. The van der Waals surface area contributed by atoms with Crippen molar-refractivity contribution >= 4 is 0 Å². The highest BCUT2D eigenvalue weighted by atomic mass is 16.5. The predicted molar refractivity (Wildman–Crippen MR) is 42.8 cm³/mol. The highest BCUT2D eigenvalue weighted by molar-refractivity contribution is 5.41. The SMILES string of the molecule is C1C[C@H]2O[C@@H]1C1=C2[C@H]2CC[C@@H]1O2. The average molecular weight is 164 g/mol. The zero-order valence-corrected chi connectivity index (χ0v) is 6.95. The van der Waals surface area contributed by atoms with Crippen LogP contribution in [0.15, 0.2) is 11.1 Å². The molecule has 2 fully saturated rings. The summed E-state index contributed by atoms with van der Waals surface area (Å²) in [6.45, 7) is 0. The lowest BCUT2D eigenvalue weighted by molar-refractivity contribution is 0.0443. The summed E-state index contributed by atoms with van der Waals surface area (Å²) in [5.41, 5.74) is 3.12. The van der Waals surface area contributed by atoms with E-state index in [1.807, 2.05) is 0 Å². The van der Waals surface area contributed by atoms with Crippen molar-refractivity contribution in [3.8, 4) is 0 Å². The van der Waals surface area contributed by atoms with Crippen LogP contribution in [0.4, 0.5) is 0 Å². The number of fused-ring (bicyclic) bond motifs is 8. The minimum absolute atomic E-state index is 0.459. The van der Waals surface area contributed by atoms with E-state index in [9.17, 15) is 0 Å². The third kappa shape index (κ3) is 0.511. The lowest BCUT2D eigenvalue weighted by Gasteiger charge is -2.17. The van der Waals surface area contributed by atoms with E-state index < -0.39 is 0 Å². The van der Waals surface area contributed by atoms with E-state index in [0.29, 0.717) is 24.4 Å². The molecule has 4 rings (SSSR count). The molecule has 4 heterocycles. The zero-order valence-electron chi connectivity index (χ0n) is 6.95. The third-order valence-electron chi connectivity index (χ3n) is 3.76. The van der Waals surface area contributed by atoms with Crippen molar-refractivity contribution in [2.75, 3.05) is 0 Å². The van der Waals surface area contributed by atoms with Gasteiger partial charge in [0, 0.05) is 0 Å². The number of hydrogen-bond acceptors (Lipinski definition) is 2. The van der Waals surface area contributed by atoms with Gasteiger partial charge in [-0.1, -0.05) is 0 Å². The Labute approximate surface area is 71.5 Å². The van der Waals surface area contributed by atoms with Crippen molar-refractivity contribution < 1.29 is 9.47 Å². The summed E-state index contributed by atoms with van der Waals surface area (Å²) in [5.74, 6) is 0. The fourth-order valence-electron chi connectivity index (χ4n) is 3.35. The van der Waals surface area contributed by atoms with Gasteiger partial charge in [-0.25, -0.2) is 0 Å². The Morgan fingerprint density at radius 2 is 1.00 bits per heavy atom. The first kappa shape index (κ1) is 6.17. The minimum Gasteiger partial charge on any atom is -0.366 e. The van der Waals surface area contributed by atoms with Gasteiger partial charge in [0.1, 0.15) is 0 Å². The van der Waals surface area contributed by atoms with Crippen LogP contribution < -0.4 is 0 Å². The van der Waals surface area contributed by atoms with E-state index >= 15 is 0 Å². The van der Waals surface area contributed by atoms with Crippen LogP contribution >= 0.6 is 0 Å². The van der Waals surface area contributed by atoms with E-state index in [4.69, 9.17) is 9.47 Å². The quantitative estimate of drug-likeness (QED) is 0.504. The Morgan fingerprint density at radius 3 is 1.33 bits per heavy atom. The summed E-state index contributed by atoms with van der Waals surface area (Å²) in [7, 11) is 0. The van der Waals surface area contributed by atoms with Gasteiger partial charge >= 0.3 is 0 Å².